The summed E-state index contributed by atoms with van der Waals surface area (Å²) in [5.74, 6) is 0.185. The van der Waals surface area contributed by atoms with Gasteiger partial charge in [0.25, 0.3) is 0 Å². The molecule has 1 aromatic carbocycles. The van der Waals surface area contributed by atoms with E-state index >= 15 is 0 Å². The van der Waals surface area contributed by atoms with Crippen LogP contribution in [0.4, 0.5) is 10.1 Å². The Morgan fingerprint density at radius 2 is 2.07 bits per heavy atom. The van der Waals surface area contributed by atoms with E-state index in [9.17, 15) is 14.3 Å². The van der Waals surface area contributed by atoms with Crippen molar-refractivity contribution >= 4 is 41.5 Å². The van der Waals surface area contributed by atoms with Crippen molar-refractivity contribution in [3.05, 3.63) is 48.0 Å². The van der Waals surface area contributed by atoms with Gasteiger partial charge >= 0.3 is 0 Å². The van der Waals surface area contributed by atoms with Crippen molar-refractivity contribution in [1.82, 2.24) is 20.0 Å². The van der Waals surface area contributed by atoms with Gasteiger partial charge < -0.3 is 20.2 Å². The first-order chi connectivity index (χ1) is 13.5. The van der Waals surface area contributed by atoms with E-state index in [1.165, 1.54) is 12.1 Å². The molecule has 1 aliphatic heterocycles. The van der Waals surface area contributed by atoms with Crippen LogP contribution in [-0.2, 0) is 11.8 Å². The van der Waals surface area contributed by atoms with Gasteiger partial charge in [-0.2, -0.15) is 5.10 Å². The van der Waals surface area contributed by atoms with Crippen LogP contribution in [-0.4, -0.2) is 64.4 Å². The minimum Gasteiger partial charge on any atom is -0.386 e. The predicted molar refractivity (Wildman–Crippen MR) is 120 cm³/mol. The van der Waals surface area contributed by atoms with Gasteiger partial charge in [-0.15, -0.1) is 24.0 Å². The van der Waals surface area contributed by atoms with Gasteiger partial charge in [-0.25, -0.2) is 4.39 Å². The highest BCUT2D eigenvalue weighted by molar-refractivity contribution is 14.0. The molecule has 1 unspecified atom stereocenters. The van der Waals surface area contributed by atoms with Crippen LogP contribution in [0.5, 0.6) is 0 Å². The first-order valence-electron chi connectivity index (χ1n) is 9.23. The van der Waals surface area contributed by atoms with Gasteiger partial charge in [-0.05, 0) is 24.6 Å². The largest absolute Gasteiger partial charge is 0.386 e. The molecule has 1 aromatic heterocycles. The Kier molecular flexibility index (Phi) is 8.38. The van der Waals surface area contributed by atoms with Crippen molar-refractivity contribution in [1.29, 1.82) is 0 Å². The Balaban J connectivity index is 0.00000300. The molecular formula is C19H26FIN6O2. The van der Waals surface area contributed by atoms with Gasteiger partial charge in [-0.1, -0.05) is 12.1 Å². The molecule has 1 fully saturated rings. The Bertz CT molecular complexity index is 841. The Morgan fingerprint density at radius 3 is 2.66 bits per heavy atom. The summed E-state index contributed by atoms with van der Waals surface area (Å²) >= 11 is 0. The third-order valence-electron chi connectivity index (χ3n) is 4.53. The predicted octanol–water partition coefficient (Wildman–Crippen LogP) is 1.52. The maximum Gasteiger partial charge on any atom is 0.246 e. The zero-order valence-corrected chi connectivity index (χ0v) is 18.8. The van der Waals surface area contributed by atoms with E-state index in [0.717, 1.165) is 5.69 Å². The second-order valence-electron chi connectivity index (χ2n) is 6.60. The quantitative estimate of drug-likeness (QED) is 0.358. The number of aryl methyl sites for hydroxylation is 1. The lowest BCUT2D eigenvalue weighted by Gasteiger charge is -2.35. The SMILES string of the molecule is CCNC(=NCC(O)c1ccc(F)cc1)N1CCN(c2cnn(C)c2)C(=O)C1.I. The fraction of sp³-hybridized carbons (Fsp3) is 0.421. The lowest BCUT2D eigenvalue weighted by Crippen LogP contribution is -2.55. The molecule has 3 rings (SSSR count). The zero-order chi connectivity index (χ0) is 20.1. The molecule has 10 heteroatoms. The van der Waals surface area contributed by atoms with E-state index in [4.69, 9.17) is 0 Å². The smallest absolute Gasteiger partial charge is 0.246 e. The number of aromatic nitrogens is 2. The number of carbonyl (C=O) groups is 1. The van der Waals surface area contributed by atoms with Crippen LogP contribution in [0.15, 0.2) is 41.7 Å². The number of hydrogen-bond donors (Lipinski definition) is 2. The molecule has 8 nitrogen and oxygen atoms in total. The third-order valence-corrected chi connectivity index (χ3v) is 4.53. The number of nitrogens with zero attached hydrogens (tertiary/aromatic N) is 5. The van der Waals surface area contributed by atoms with Crippen LogP contribution in [0, 0.1) is 5.82 Å². The summed E-state index contributed by atoms with van der Waals surface area (Å²) < 4.78 is 14.7. The highest BCUT2D eigenvalue weighted by Crippen LogP contribution is 2.17. The number of aliphatic hydroxyl groups is 1. The van der Waals surface area contributed by atoms with Crippen LogP contribution in [0.25, 0.3) is 0 Å². The maximum atomic E-state index is 13.0. The van der Waals surface area contributed by atoms with Crippen LogP contribution >= 0.6 is 24.0 Å². The minimum atomic E-state index is -0.846. The molecule has 158 valence electrons. The number of anilines is 1. The number of rotatable bonds is 5. The Hall–Kier alpha value is -2.21. The molecule has 0 aliphatic carbocycles. The number of piperazine rings is 1. The lowest BCUT2D eigenvalue weighted by atomic mass is 10.1. The molecule has 0 saturated carbocycles. The minimum absolute atomic E-state index is 0. The summed E-state index contributed by atoms with van der Waals surface area (Å²) in [6.45, 7) is 4.02. The third kappa shape index (κ3) is 5.89. The number of hydrogen-bond acceptors (Lipinski definition) is 4. The zero-order valence-electron chi connectivity index (χ0n) is 16.5. The van der Waals surface area contributed by atoms with Crippen LogP contribution in [0.1, 0.15) is 18.6 Å². The van der Waals surface area contributed by atoms with Crippen LogP contribution in [0.2, 0.25) is 0 Å². The van der Waals surface area contributed by atoms with E-state index < -0.39 is 6.10 Å². The van der Waals surface area contributed by atoms with Gasteiger partial charge in [0.05, 0.1) is 24.5 Å². The van der Waals surface area contributed by atoms with Gasteiger partial charge in [0, 0.05) is 32.9 Å². The lowest BCUT2D eigenvalue weighted by molar-refractivity contribution is -0.120. The van der Waals surface area contributed by atoms with Crippen molar-refractivity contribution in [2.45, 2.75) is 13.0 Å². The number of aliphatic hydroxyl groups excluding tert-OH is 1. The molecule has 29 heavy (non-hydrogen) atoms. The molecule has 0 radical (unpaired) electrons. The number of nitrogens with one attached hydrogen (secondary N) is 1. The molecule has 1 atom stereocenters. The molecule has 1 amide bonds. The second kappa shape index (κ2) is 10.5. The molecule has 2 N–H and O–H groups in total. The van der Waals surface area contributed by atoms with Crippen molar-refractivity contribution in [2.24, 2.45) is 12.0 Å². The monoisotopic (exact) mass is 516 g/mol. The van der Waals surface area contributed by atoms with E-state index in [1.807, 2.05) is 25.1 Å². The average molecular weight is 516 g/mol. The number of benzene rings is 1. The molecule has 2 aromatic rings. The van der Waals surface area contributed by atoms with Gasteiger partial charge in [-0.3, -0.25) is 14.5 Å². The number of guanidine groups is 1. The Labute approximate surface area is 186 Å². The van der Waals surface area contributed by atoms with Crippen LogP contribution < -0.4 is 10.2 Å². The Morgan fingerprint density at radius 1 is 1.34 bits per heavy atom. The maximum absolute atomic E-state index is 13.0. The topological polar surface area (TPSA) is 86.0 Å². The fourth-order valence-electron chi connectivity index (χ4n) is 3.06. The standard InChI is InChI=1S/C19H25FN6O2.HI/c1-3-21-19(22-11-17(27)14-4-6-15(20)7-5-14)25-8-9-26(18(28)13-25)16-10-23-24(2)12-16;/h4-7,10,12,17,27H,3,8-9,11,13H2,1-2H3,(H,21,22);1H. The molecule has 2 heterocycles. The highest BCUT2D eigenvalue weighted by Gasteiger charge is 2.27. The van der Waals surface area contributed by atoms with E-state index in [2.05, 4.69) is 15.4 Å². The number of carbonyl (C=O) groups excluding carboxylic acids is 1. The number of amides is 1. The van der Waals surface area contributed by atoms with Gasteiger partial charge in [0.15, 0.2) is 5.96 Å². The summed E-state index contributed by atoms with van der Waals surface area (Å²) in [7, 11) is 1.81. The highest BCUT2D eigenvalue weighted by atomic mass is 127. The fourth-order valence-corrected chi connectivity index (χ4v) is 3.06. The van der Waals surface area contributed by atoms with Gasteiger partial charge in [0.1, 0.15) is 12.4 Å². The summed E-state index contributed by atoms with van der Waals surface area (Å²) in [4.78, 5) is 20.6. The molecular weight excluding hydrogens is 490 g/mol. The van der Waals surface area contributed by atoms with Crippen molar-refractivity contribution in [2.75, 3.05) is 37.6 Å². The van der Waals surface area contributed by atoms with Crippen molar-refractivity contribution in [3.8, 4) is 0 Å². The molecule has 0 bridgehead atoms. The first kappa shape index (κ1) is 23.1. The average Bonchev–Trinajstić information content (AvgIpc) is 3.11. The molecule has 1 aliphatic rings. The van der Waals surface area contributed by atoms with Crippen molar-refractivity contribution in [3.63, 3.8) is 0 Å². The van der Waals surface area contributed by atoms with Gasteiger partial charge in [0.2, 0.25) is 5.91 Å². The van der Waals surface area contributed by atoms with E-state index in [1.54, 1.807) is 27.9 Å². The summed E-state index contributed by atoms with van der Waals surface area (Å²) in [6.07, 6.45) is 2.64. The second-order valence-corrected chi connectivity index (χ2v) is 6.60. The van der Waals surface area contributed by atoms with E-state index in [-0.39, 0.29) is 48.8 Å². The summed E-state index contributed by atoms with van der Waals surface area (Å²) in [5, 5.41) is 17.6. The normalized spacial score (nSPS) is 15.9. The van der Waals surface area contributed by atoms with Crippen LogP contribution in [0.3, 0.4) is 0 Å². The first-order valence-corrected chi connectivity index (χ1v) is 9.23. The molecule has 1 saturated heterocycles. The molecule has 0 spiro atoms. The summed E-state index contributed by atoms with van der Waals surface area (Å²) in [6, 6.07) is 5.70. The van der Waals surface area contributed by atoms with E-state index in [0.29, 0.717) is 31.2 Å². The summed E-state index contributed by atoms with van der Waals surface area (Å²) in [5.41, 5.74) is 1.37. The number of aliphatic imine (C=N–C) groups is 1. The van der Waals surface area contributed by atoms with Crippen molar-refractivity contribution < 1.29 is 14.3 Å². The number of halogens is 2.